The molecule has 4 nitrogen and oxygen atoms in total. The van der Waals surface area contributed by atoms with Crippen LogP contribution in [0.15, 0.2) is 24.3 Å². The average molecular weight is 177 g/mol. The third-order valence-electron chi connectivity index (χ3n) is 1.50. The quantitative estimate of drug-likeness (QED) is 0.679. The lowest BCUT2D eigenvalue weighted by atomic mass is 10.1. The van der Waals surface area contributed by atoms with E-state index in [0.29, 0.717) is 23.8 Å². The van der Waals surface area contributed by atoms with E-state index < -0.39 is 5.91 Å². The Balaban J connectivity index is 2.85. The van der Waals surface area contributed by atoms with Crippen molar-refractivity contribution in [1.82, 2.24) is 5.32 Å². The normalized spacial score (nSPS) is 8.92. The second-order valence-electron chi connectivity index (χ2n) is 2.33. The number of imide groups is 1. The number of carbonyl (C=O) groups is 3. The maximum Gasteiger partial charge on any atom is 0.257 e. The molecular formula is C9H7NO3. The highest BCUT2D eigenvalue weighted by molar-refractivity contribution is 6.00. The molecule has 0 radical (unpaired) electrons. The number of amides is 2. The maximum atomic E-state index is 11.0. The molecule has 0 unspecified atom stereocenters. The summed E-state index contributed by atoms with van der Waals surface area (Å²) in [6, 6.07) is 5.96. The third kappa shape index (κ3) is 2.23. The van der Waals surface area contributed by atoms with Gasteiger partial charge in [-0.05, 0) is 12.1 Å². The van der Waals surface area contributed by atoms with Crippen LogP contribution in [-0.4, -0.2) is 18.6 Å². The zero-order valence-electron chi connectivity index (χ0n) is 6.69. The second kappa shape index (κ2) is 4.15. The van der Waals surface area contributed by atoms with Crippen LogP contribution in [-0.2, 0) is 4.79 Å². The van der Waals surface area contributed by atoms with Gasteiger partial charge in [0.15, 0.2) is 0 Å². The average Bonchev–Trinajstić information content (AvgIpc) is 2.18. The molecule has 4 heteroatoms. The van der Waals surface area contributed by atoms with Gasteiger partial charge in [0.1, 0.15) is 6.29 Å². The van der Waals surface area contributed by atoms with Crippen LogP contribution in [0.3, 0.4) is 0 Å². The van der Waals surface area contributed by atoms with Gasteiger partial charge in [-0.3, -0.25) is 19.7 Å². The summed E-state index contributed by atoms with van der Waals surface area (Å²) in [5.41, 5.74) is 0.834. The van der Waals surface area contributed by atoms with Crippen molar-refractivity contribution in [3.63, 3.8) is 0 Å². The van der Waals surface area contributed by atoms with E-state index in [4.69, 9.17) is 0 Å². The lowest BCUT2D eigenvalue weighted by molar-refractivity contribution is -0.108. The summed E-state index contributed by atoms with van der Waals surface area (Å²) in [5.74, 6) is -0.479. The van der Waals surface area contributed by atoms with E-state index in [9.17, 15) is 14.4 Å². The Morgan fingerprint density at radius 1 is 1.15 bits per heavy atom. The molecule has 13 heavy (non-hydrogen) atoms. The molecule has 0 aliphatic heterocycles. The van der Waals surface area contributed by atoms with E-state index in [2.05, 4.69) is 0 Å². The number of aldehydes is 1. The van der Waals surface area contributed by atoms with Crippen molar-refractivity contribution in [3.05, 3.63) is 35.4 Å². The Bertz CT molecular complexity index is 329. The van der Waals surface area contributed by atoms with Crippen LogP contribution in [0.1, 0.15) is 20.7 Å². The number of rotatable bonds is 3. The first kappa shape index (κ1) is 9.12. The maximum absolute atomic E-state index is 11.0. The van der Waals surface area contributed by atoms with Crippen LogP contribution in [0.25, 0.3) is 0 Å². The van der Waals surface area contributed by atoms with E-state index in [1.807, 2.05) is 5.32 Å². The first-order valence-electron chi connectivity index (χ1n) is 3.57. The number of benzene rings is 1. The molecular weight excluding hydrogens is 170 g/mol. The van der Waals surface area contributed by atoms with Crippen LogP contribution in [0.5, 0.6) is 0 Å². The number of nitrogens with one attached hydrogen (secondary N) is 1. The molecule has 0 aromatic heterocycles. The molecule has 0 fully saturated rings. The van der Waals surface area contributed by atoms with Crippen LogP contribution < -0.4 is 5.32 Å². The van der Waals surface area contributed by atoms with E-state index in [-0.39, 0.29) is 0 Å². The molecule has 2 amide bonds. The van der Waals surface area contributed by atoms with E-state index >= 15 is 0 Å². The van der Waals surface area contributed by atoms with E-state index in [1.165, 1.54) is 24.3 Å². The highest BCUT2D eigenvalue weighted by atomic mass is 16.2. The Labute approximate surface area is 74.6 Å². The van der Waals surface area contributed by atoms with Crippen molar-refractivity contribution in [2.24, 2.45) is 0 Å². The van der Waals surface area contributed by atoms with Crippen LogP contribution in [0.2, 0.25) is 0 Å². The minimum Gasteiger partial charge on any atom is -0.298 e. The summed E-state index contributed by atoms with van der Waals surface area (Å²) in [6.07, 6.45) is 0.997. The van der Waals surface area contributed by atoms with Crippen molar-refractivity contribution >= 4 is 18.6 Å². The van der Waals surface area contributed by atoms with Gasteiger partial charge in [0, 0.05) is 11.1 Å². The minimum atomic E-state index is -0.479. The summed E-state index contributed by atoms with van der Waals surface area (Å²) in [6.45, 7) is 0. The molecule has 66 valence electrons. The fourth-order valence-corrected chi connectivity index (χ4v) is 0.850. The SMILES string of the molecule is O=CNC(=O)c1ccc(C=O)cc1. The highest BCUT2D eigenvalue weighted by Crippen LogP contribution is 2.01. The Kier molecular flexibility index (Phi) is 2.92. The zero-order chi connectivity index (χ0) is 9.68. The largest absolute Gasteiger partial charge is 0.298 e. The lowest BCUT2D eigenvalue weighted by Crippen LogP contribution is -2.20. The number of carbonyl (C=O) groups excluding carboxylic acids is 3. The van der Waals surface area contributed by atoms with E-state index in [1.54, 1.807) is 0 Å². The van der Waals surface area contributed by atoms with Gasteiger partial charge in [-0.1, -0.05) is 12.1 Å². The Hall–Kier alpha value is -1.97. The standard InChI is InChI=1S/C9H7NO3/c11-5-7-1-3-8(4-2-7)9(13)10-6-12/h1-6H,(H,10,12,13). The van der Waals surface area contributed by atoms with Crippen molar-refractivity contribution in [2.75, 3.05) is 0 Å². The molecule has 0 saturated heterocycles. The molecule has 1 aromatic rings. The van der Waals surface area contributed by atoms with Crippen LogP contribution >= 0.6 is 0 Å². The van der Waals surface area contributed by atoms with Crippen molar-refractivity contribution in [1.29, 1.82) is 0 Å². The monoisotopic (exact) mass is 177 g/mol. The summed E-state index contributed by atoms with van der Waals surface area (Å²) in [4.78, 5) is 31.2. The summed E-state index contributed by atoms with van der Waals surface area (Å²) >= 11 is 0. The molecule has 0 atom stereocenters. The minimum absolute atomic E-state index is 0.315. The predicted molar refractivity (Wildman–Crippen MR) is 45.4 cm³/mol. The molecule has 0 saturated carbocycles. The Morgan fingerprint density at radius 2 is 1.77 bits per heavy atom. The molecule has 0 aliphatic rings. The molecule has 1 aromatic carbocycles. The van der Waals surface area contributed by atoms with E-state index in [0.717, 1.165) is 0 Å². The van der Waals surface area contributed by atoms with Gasteiger partial charge >= 0.3 is 0 Å². The highest BCUT2D eigenvalue weighted by Gasteiger charge is 2.02. The molecule has 1 rings (SSSR count). The molecule has 1 N–H and O–H groups in total. The van der Waals surface area contributed by atoms with Gasteiger partial charge in [0.05, 0.1) is 0 Å². The van der Waals surface area contributed by atoms with Crippen molar-refractivity contribution in [3.8, 4) is 0 Å². The third-order valence-corrected chi connectivity index (χ3v) is 1.50. The van der Waals surface area contributed by atoms with Gasteiger partial charge in [0.2, 0.25) is 6.41 Å². The molecule has 0 spiro atoms. The fourth-order valence-electron chi connectivity index (χ4n) is 0.850. The van der Waals surface area contributed by atoms with Crippen molar-refractivity contribution in [2.45, 2.75) is 0 Å². The first-order valence-corrected chi connectivity index (χ1v) is 3.57. The lowest BCUT2D eigenvalue weighted by Gasteiger charge is -1.97. The summed E-state index contributed by atoms with van der Waals surface area (Å²) < 4.78 is 0. The van der Waals surface area contributed by atoms with Gasteiger partial charge in [0.25, 0.3) is 5.91 Å². The smallest absolute Gasteiger partial charge is 0.257 e. The van der Waals surface area contributed by atoms with Gasteiger partial charge in [-0.2, -0.15) is 0 Å². The number of hydrogen-bond donors (Lipinski definition) is 1. The molecule has 0 aliphatic carbocycles. The summed E-state index contributed by atoms with van der Waals surface area (Å²) in [7, 11) is 0. The van der Waals surface area contributed by atoms with Gasteiger partial charge in [-0.15, -0.1) is 0 Å². The first-order chi connectivity index (χ1) is 6.27. The van der Waals surface area contributed by atoms with Crippen molar-refractivity contribution < 1.29 is 14.4 Å². The summed E-state index contributed by atoms with van der Waals surface area (Å²) in [5, 5.41) is 1.99. The topological polar surface area (TPSA) is 63.2 Å². The number of hydrogen-bond acceptors (Lipinski definition) is 3. The fraction of sp³-hybridized carbons (Fsp3) is 0. The van der Waals surface area contributed by atoms with Crippen LogP contribution in [0.4, 0.5) is 0 Å². The molecule has 0 bridgehead atoms. The molecule has 0 heterocycles. The zero-order valence-corrected chi connectivity index (χ0v) is 6.69. The van der Waals surface area contributed by atoms with Gasteiger partial charge < -0.3 is 0 Å². The van der Waals surface area contributed by atoms with Gasteiger partial charge in [-0.25, -0.2) is 0 Å². The Morgan fingerprint density at radius 3 is 2.23 bits per heavy atom. The second-order valence-corrected chi connectivity index (χ2v) is 2.33. The van der Waals surface area contributed by atoms with Crippen LogP contribution in [0, 0.1) is 0 Å². The predicted octanol–water partition coefficient (Wildman–Crippen LogP) is 0.385.